The van der Waals surface area contributed by atoms with E-state index in [2.05, 4.69) is 17.4 Å². The van der Waals surface area contributed by atoms with E-state index in [0.717, 1.165) is 18.4 Å². The topological polar surface area (TPSA) is 49.3 Å². The Kier molecular flexibility index (Phi) is 5.98. The number of carbonyl (C=O) groups excluding carboxylic acids is 1. The highest BCUT2D eigenvalue weighted by molar-refractivity contribution is 5.76. The molecular weight excluding hydrogens is 262 g/mol. The summed E-state index contributed by atoms with van der Waals surface area (Å²) in [6.45, 7) is -0.0889. The molecule has 0 fully saturated rings. The van der Waals surface area contributed by atoms with Crippen molar-refractivity contribution >= 4 is 5.91 Å². The van der Waals surface area contributed by atoms with Crippen molar-refractivity contribution < 1.29 is 9.90 Å². The number of nitrogens with one attached hydrogen (secondary N) is 1. The van der Waals surface area contributed by atoms with Gasteiger partial charge in [-0.15, -0.1) is 0 Å². The van der Waals surface area contributed by atoms with Crippen LogP contribution in [-0.2, 0) is 11.2 Å². The van der Waals surface area contributed by atoms with Crippen LogP contribution in [0, 0.1) is 0 Å². The Hall–Kier alpha value is -2.13. The third-order valence-corrected chi connectivity index (χ3v) is 3.43. The van der Waals surface area contributed by atoms with Crippen LogP contribution in [0.2, 0.25) is 0 Å². The van der Waals surface area contributed by atoms with Crippen LogP contribution in [-0.4, -0.2) is 17.6 Å². The lowest BCUT2D eigenvalue weighted by atomic mass is 10.1. The molecule has 2 aromatic carbocycles. The van der Waals surface area contributed by atoms with Crippen molar-refractivity contribution in [3.63, 3.8) is 0 Å². The Morgan fingerprint density at radius 2 is 1.62 bits per heavy atom. The molecule has 1 amide bonds. The quantitative estimate of drug-likeness (QED) is 0.821. The van der Waals surface area contributed by atoms with Crippen LogP contribution in [0.5, 0.6) is 0 Å². The maximum atomic E-state index is 12.0. The number of aliphatic hydroxyl groups is 1. The summed E-state index contributed by atoms with van der Waals surface area (Å²) in [5, 5.41) is 12.3. The summed E-state index contributed by atoms with van der Waals surface area (Å²) in [7, 11) is 0. The Bertz CT molecular complexity index is 540. The molecule has 0 aliphatic carbocycles. The molecule has 110 valence electrons. The van der Waals surface area contributed by atoms with Crippen LogP contribution in [0.3, 0.4) is 0 Å². The summed E-state index contributed by atoms with van der Waals surface area (Å²) in [5.41, 5.74) is 2.17. The van der Waals surface area contributed by atoms with Crippen molar-refractivity contribution in [1.29, 1.82) is 0 Å². The van der Waals surface area contributed by atoms with Gasteiger partial charge in [0.15, 0.2) is 0 Å². The molecule has 0 spiro atoms. The smallest absolute Gasteiger partial charge is 0.220 e. The first-order valence-corrected chi connectivity index (χ1v) is 7.28. The fourth-order valence-electron chi connectivity index (χ4n) is 2.28. The van der Waals surface area contributed by atoms with E-state index >= 15 is 0 Å². The van der Waals surface area contributed by atoms with Gasteiger partial charge in [0.2, 0.25) is 5.91 Å². The predicted octanol–water partition coefficient (Wildman–Crippen LogP) is 2.86. The van der Waals surface area contributed by atoms with E-state index in [1.807, 2.05) is 48.5 Å². The highest BCUT2D eigenvalue weighted by Crippen LogP contribution is 2.12. The molecule has 3 nitrogen and oxygen atoms in total. The van der Waals surface area contributed by atoms with E-state index in [1.165, 1.54) is 5.56 Å². The molecule has 1 atom stereocenters. The first-order chi connectivity index (χ1) is 10.3. The zero-order valence-electron chi connectivity index (χ0n) is 12.0. The number of aryl methyl sites for hydroxylation is 1. The lowest BCUT2D eigenvalue weighted by Gasteiger charge is -2.16. The number of aliphatic hydroxyl groups excluding tert-OH is 1. The summed E-state index contributed by atoms with van der Waals surface area (Å²) in [4.78, 5) is 12.0. The first-order valence-electron chi connectivity index (χ1n) is 7.28. The number of hydrogen-bond acceptors (Lipinski definition) is 2. The standard InChI is InChI=1S/C18H21NO2/c20-14-17(16-11-5-2-6-12-16)19-18(21)13-7-10-15-8-3-1-4-9-15/h1-6,8-9,11-12,17,20H,7,10,13-14H2,(H,19,21)/t17-/m0/s1. The molecule has 0 bridgehead atoms. The molecule has 0 saturated carbocycles. The van der Waals surface area contributed by atoms with Gasteiger partial charge in [0.1, 0.15) is 0 Å². The lowest BCUT2D eigenvalue weighted by molar-refractivity contribution is -0.122. The highest BCUT2D eigenvalue weighted by Gasteiger charge is 2.12. The van der Waals surface area contributed by atoms with Crippen molar-refractivity contribution in [3.8, 4) is 0 Å². The summed E-state index contributed by atoms with van der Waals surface area (Å²) in [6, 6.07) is 19.3. The zero-order valence-corrected chi connectivity index (χ0v) is 12.0. The highest BCUT2D eigenvalue weighted by atomic mass is 16.3. The van der Waals surface area contributed by atoms with Crippen LogP contribution in [0.25, 0.3) is 0 Å². The monoisotopic (exact) mass is 283 g/mol. The number of rotatable bonds is 7. The second-order valence-corrected chi connectivity index (χ2v) is 5.05. The zero-order chi connectivity index (χ0) is 14.9. The van der Waals surface area contributed by atoms with Gasteiger partial charge in [-0.2, -0.15) is 0 Å². The van der Waals surface area contributed by atoms with Crippen LogP contribution < -0.4 is 5.32 Å². The normalized spacial score (nSPS) is 11.9. The summed E-state index contributed by atoms with van der Waals surface area (Å²) >= 11 is 0. The van der Waals surface area contributed by atoms with Crippen LogP contribution in [0.15, 0.2) is 60.7 Å². The van der Waals surface area contributed by atoms with Crippen molar-refractivity contribution in [2.24, 2.45) is 0 Å². The molecule has 2 rings (SSSR count). The lowest BCUT2D eigenvalue weighted by Crippen LogP contribution is -2.30. The number of benzene rings is 2. The molecule has 3 heteroatoms. The molecule has 0 heterocycles. The molecule has 2 N–H and O–H groups in total. The largest absolute Gasteiger partial charge is 0.394 e. The van der Waals surface area contributed by atoms with Crippen molar-refractivity contribution in [2.45, 2.75) is 25.3 Å². The van der Waals surface area contributed by atoms with Gasteiger partial charge in [-0.3, -0.25) is 4.79 Å². The van der Waals surface area contributed by atoms with Crippen LogP contribution in [0.4, 0.5) is 0 Å². The van der Waals surface area contributed by atoms with Gasteiger partial charge in [-0.05, 0) is 24.0 Å². The third-order valence-electron chi connectivity index (χ3n) is 3.43. The number of amides is 1. The minimum absolute atomic E-state index is 0.0196. The molecule has 0 saturated heterocycles. The van der Waals surface area contributed by atoms with E-state index in [0.29, 0.717) is 6.42 Å². The molecule has 0 aliphatic heterocycles. The SMILES string of the molecule is O=C(CCCc1ccccc1)N[C@@H](CO)c1ccccc1. The van der Waals surface area contributed by atoms with E-state index < -0.39 is 0 Å². The van der Waals surface area contributed by atoms with E-state index in [4.69, 9.17) is 0 Å². The Balaban J connectivity index is 1.78. The maximum absolute atomic E-state index is 12.0. The van der Waals surface area contributed by atoms with Gasteiger partial charge < -0.3 is 10.4 Å². The number of carbonyl (C=O) groups is 1. The summed E-state index contributed by atoms with van der Waals surface area (Å²) in [6.07, 6.45) is 2.17. The van der Waals surface area contributed by atoms with Gasteiger partial charge in [0.05, 0.1) is 12.6 Å². The third kappa shape index (κ3) is 5.04. The maximum Gasteiger partial charge on any atom is 0.220 e. The van der Waals surface area contributed by atoms with Gasteiger partial charge in [0.25, 0.3) is 0 Å². The van der Waals surface area contributed by atoms with E-state index in [9.17, 15) is 9.90 Å². The minimum Gasteiger partial charge on any atom is -0.394 e. The van der Waals surface area contributed by atoms with Gasteiger partial charge >= 0.3 is 0 Å². The van der Waals surface area contributed by atoms with Crippen LogP contribution >= 0.6 is 0 Å². The molecule has 2 aromatic rings. The van der Waals surface area contributed by atoms with Gasteiger partial charge in [-0.1, -0.05) is 60.7 Å². The predicted molar refractivity (Wildman–Crippen MR) is 83.8 cm³/mol. The first kappa shape index (κ1) is 15.3. The average Bonchev–Trinajstić information content (AvgIpc) is 2.54. The second-order valence-electron chi connectivity index (χ2n) is 5.05. The Labute approximate surface area is 125 Å². The molecule has 0 radical (unpaired) electrons. The van der Waals surface area contributed by atoms with Crippen molar-refractivity contribution in [2.75, 3.05) is 6.61 Å². The van der Waals surface area contributed by atoms with E-state index in [-0.39, 0.29) is 18.6 Å². The molecular formula is C18H21NO2. The molecule has 0 aliphatic rings. The van der Waals surface area contributed by atoms with E-state index in [1.54, 1.807) is 0 Å². The average molecular weight is 283 g/mol. The molecule has 0 aromatic heterocycles. The van der Waals surface area contributed by atoms with Gasteiger partial charge in [-0.25, -0.2) is 0 Å². The van der Waals surface area contributed by atoms with Gasteiger partial charge in [0, 0.05) is 6.42 Å². The fourth-order valence-corrected chi connectivity index (χ4v) is 2.28. The Morgan fingerprint density at radius 3 is 2.24 bits per heavy atom. The minimum atomic E-state index is -0.324. The van der Waals surface area contributed by atoms with Crippen LogP contribution in [0.1, 0.15) is 30.0 Å². The van der Waals surface area contributed by atoms with Crippen molar-refractivity contribution in [3.05, 3.63) is 71.8 Å². The number of hydrogen-bond donors (Lipinski definition) is 2. The molecule has 21 heavy (non-hydrogen) atoms. The molecule has 0 unspecified atom stereocenters. The summed E-state index contributed by atoms with van der Waals surface area (Å²) in [5.74, 6) is -0.0196. The Morgan fingerprint density at radius 1 is 1.00 bits per heavy atom. The summed E-state index contributed by atoms with van der Waals surface area (Å²) < 4.78 is 0. The second kappa shape index (κ2) is 8.22. The fraction of sp³-hybridized carbons (Fsp3) is 0.278. The van der Waals surface area contributed by atoms with Crippen molar-refractivity contribution in [1.82, 2.24) is 5.32 Å².